The van der Waals surface area contributed by atoms with Gasteiger partial charge in [0.15, 0.2) is 0 Å². The second-order valence-corrected chi connectivity index (χ2v) is 18.9. The van der Waals surface area contributed by atoms with Crippen LogP contribution in [0.5, 0.6) is 0 Å². The summed E-state index contributed by atoms with van der Waals surface area (Å²) in [4.78, 5) is 5.61. The average molecular weight is 695 g/mol. The fourth-order valence-corrected chi connectivity index (χ4v) is 10.8. The second-order valence-electron chi connectivity index (χ2n) is 18.9. The van der Waals surface area contributed by atoms with Crippen LogP contribution in [0.25, 0.3) is 0 Å². The molecular weight excluding hydrogens is 639 g/mol. The molecule has 3 aliphatic carbocycles. The average Bonchev–Trinajstić information content (AvgIpc) is 3.16. The van der Waals surface area contributed by atoms with Crippen LogP contribution in [0.4, 0.5) is 28.4 Å². The van der Waals surface area contributed by atoms with Crippen molar-refractivity contribution in [3.63, 3.8) is 0 Å². The molecule has 0 fully saturated rings. The van der Waals surface area contributed by atoms with Crippen molar-refractivity contribution in [3.05, 3.63) is 129 Å². The molecule has 53 heavy (non-hydrogen) atoms. The van der Waals surface area contributed by atoms with E-state index in [-0.39, 0.29) is 17.5 Å². The summed E-state index contributed by atoms with van der Waals surface area (Å²) in [6.45, 7) is 14.6. The van der Waals surface area contributed by atoms with E-state index in [1.54, 1.807) is 27.7 Å². The molecule has 0 amide bonds. The number of hydrogen-bond donors (Lipinski definition) is 0. The van der Waals surface area contributed by atoms with Crippen LogP contribution in [0.2, 0.25) is 0 Å². The lowest BCUT2D eigenvalue weighted by Gasteiger charge is -2.49. The lowest BCUT2D eigenvalue weighted by atomic mass is 9.32. The first-order chi connectivity index (χ1) is 25.6. The Kier molecular flexibility index (Phi) is 7.64. The minimum atomic E-state index is -0.00848. The molecule has 0 saturated carbocycles. The molecule has 2 nitrogen and oxygen atoms in total. The Morgan fingerprint density at radius 3 is 1.96 bits per heavy atom. The van der Waals surface area contributed by atoms with Gasteiger partial charge in [-0.05, 0) is 173 Å². The first-order valence-electron chi connectivity index (χ1n) is 20.8. The Morgan fingerprint density at radius 2 is 1.17 bits per heavy atom. The maximum Gasteiger partial charge on any atom is 0.252 e. The fourth-order valence-electron chi connectivity index (χ4n) is 10.8. The monoisotopic (exact) mass is 694 g/mol. The van der Waals surface area contributed by atoms with Gasteiger partial charge in [-0.15, -0.1) is 0 Å². The molecule has 268 valence electrons. The topological polar surface area (TPSA) is 6.48 Å². The van der Waals surface area contributed by atoms with Crippen molar-refractivity contribution in [2.45, 2.75) is 129 Å². The van der Waals surface area contributed by atoms with Crippen molar-refractivity contribution in [2.75, 3.05) is 9.80 Å². The van der Waals surface area contributed by atoms with Crippen molar-refractivity contribution in [1.82, 2.24) is 0 Å². The van der Waals surface area contributed by atoms with Crippen LogP contribution in [-0.2, 0) is 42.9 Å². The number of rotatable bonds is 2. The van der Waals surface area contributed by atoms with Crippen molar-refractivity contribution in [2.24, 2.45) is 0 Å². The van der Waals surface area contributed by atoms with Crippen LogP contribution in [0, 0.1) is 0 Å². The lowest BCUT2D eigenvalue weighted by Crippen LogP contribution is -2.63. The van der Waals surface area contributed by atoms with E-state index in [2.05, 4.69) is 136 Å². The number of hydrogen-bond acceptors (Lipinski definition) is 2. The molecule has 0 aromatic heterocycles. The summed E-state index contributed by atoms with van der Waals surface area (Å²) >= 11 is 0. The third-order valence-corrected chi connectivity index (χ3v) is 13.6. The van der Waals surface area contributed by atoms with Crippen LogP contribution < -0.4 is 26.2 Å². The summed E-state index contributed by atoms with van der Waals surface area (Å²) in [6.07, 6.45) is 13.4. The molecule has 2 aliphatic heterocycles. The Balaban J connectivity index is 1.35. The molecule has 5 aromatic carbocycles. The molecule has 0 radical (unpaired) electrons. The van der Waals surface area contributed by atoms with Gasteiger partial charge >= 0.3 is 0 Å². The maximum absolute atomic E-state index is 2.84. The highest BCUT2D eigenvalue weighted by molar-refractivity contribution is 7.00. The summed E-state index contributed by atoms with van der Waals surface area (Å²) in [6, 6.07) is 34.7. The Hall–Kier alpha value is -4.24. The number of fused-ring (bicyclic) bond motifs is 8. The van der Waals surface area contributed by atoms with E-state index >= 15 is 0 Å². The zero-order valence-corrected chi connectivity index (χ0v) is 32.9. The molecule has 0 spiro atoms. The molecule has 2 heterocycles. The quantitative estimate of drug-likeness (QED) is 0.167. The highest BCUT2D eigenvalue weighted by atomic mass is 15.2. The molecule has 1 unspecified atom stereocenters. The lowest BCUT2D eigenvalue weighted by molar-refractivity contribution is 0.557. The molecule has 1 atom stereocenters. The predicted octanol–water partition coefficient (Wildman–Crippen LogP) is 10.9. The van der Waals surface area contributed by atoms with E-state index in [1.807, 2.05) is 0 Å². The van der Waals surface area contributed by atoms with Crippen molar-refractivity contribution in [3.8, 4) is 0 Å². The third-order valence-electron chi connectivity index (χ3n) is 13.6. The zero-order chi connectivity index (χ0) is 36.2. The highest BCUT2D eigenvalue weighted by Crippen LogP contribution is 2.50. The van der Waals surface area contributed by atoms with Crippen LogP contribution in [0.3, 0.4) is 0 Å². The number of anilines is 5. The predicted molar refractivity (Wildman–Crippen MR) is 227 cm³/mol. The van der Waals surface area contributed by atoms with Gasteiger partial charge in [0, 0.05) is 28.4 Å². The third kappa shape index (κ3) is 5.20. The number of nitrogens with zero attached hydrogens (tertiary/aromatic N) is 2. The van der Waals surface area contributed by atoms with E-state index in [9.17, 15) is 0 Å². The normalized spacial score (nSPS) is 18.8. The Bertz CT molecular complexity index is 2280. The second kappa shape index (κ2) is 12.1. The molecule has 5 aliphatic rings. The van der Waals surface area contributed by atoms with Gasteiger partial charge in [0.2, 0.25) is 0 Å². The molecule has 10 rings (SSSR count). The Morgan fingerprint density at radius 1 is 0.509 bits per heavy atom. The minimum Gasteiger partial charge on any atom is -0.335 e. The highest BCUT2D eigenvalue weighted by Gasteiger charge is 2.47. The largest absolute Gasteiger partial charge is 0.335 e. The van der Waals surface area contributed by atoms with Crippen molar-refractivity contribution >= 4 is 51.5 Å². The Labute approximate surface area is 318 Å². The first-order valence-corrected chi connectivity index (χ1v) is 20.8. The van der Waals surface area contributed by atoms with Crippen LogP contribution >= 0.6 is 0 Å². The summed E-state index contributed by atoms with van der Waals surface area (Å²) in [5, 5.41) is 0. The van der Waals surface area contributed by atoms with Gasteiger partial charge in [0.25, 0.3) is 6.71 Å². The van der Waals surface area contributed by atoms with Gasteiger partial charge < -0.3 is 9.80 Å². The van der Waals surface area contributed by atoms with E-state index in [4.69, 9.17) is 0 Å². The van der Waals surface area contributed by atoms with Gasteiger partial charge in [-0.25, -0.2) is 0 Å². The molecule has 5 aromatic rings. The van der Waals surface area contributed by atoms with Gasteiger partial charge in [-0.2, -0.15) is 0 Å². The summed E-state index contributed by atoms with van der Waals surface area (Å²) < 4.78 is 0. The molecule has 0 bridgehead atoms. The van der Waals surface area contributed by atoms with E-state index < -0.39 is 0 Å². The summed E-state index contributed by atoms with van der Waals surface area (Å²) in [5.41, 5.74) is 24.0. The van der Waals surface area contributed by atoms with E-state index in [0.717, 1.165) is 6.42 Å². The van der Waals surface area contributed by atoms with Crippen molar-refractivity contribution < 1.29 is 0 Å². The van der Waals surface area contributed by atoms with Crippen molar-refractivity contribution in [1.29, 1.82) is 0 Å². The minimum absolute atomic E-state index is 0.00848. The number of aryl methyl sites for hydroxylation is 3. The van der Waals surface area contributed by atoms with Crippen LogP contribution in [0.1, 0.15) is 131 Å². The maximum atomic E-state index is 2.84. The van der Waals surface area contributed by atoms with Crippen LogP contribution in [0.15, 0.2) is 84.9 Å². The zero-order valence-electron chi connectivity index (χ0n) is 32.9. The smallest absolute Gasteiger partial charge is 0.252 e. The molecule has 0 N–H and O–H groups in total. The molecular formula is C50H55BN2. The van der Waals surface area contributed by atoms with Crippen LogP contribution in [-0.4, -0.2) is 6.71 Å². The first kappa shape index (κ1) is 33.3. The van der Waals surface area contributed by atoms with Gasteiger partial charge in [-0.3, -0.25) is 0 Å². The molecule has 3 heteroatoms. The molecule has 0 saturated heterocycles. The van der Waals surface area contributed by atoms with Gasteiger partial charge in [0.05, 0.1) is 6.04 Å². The SMILES string of the molecule is CC(C)(C)c1ccc2c(c1)B1c3c(cc(C(C)(C)C)cc3N2C2CCCc3ccccc32)N(c2cccc3c2CCCC3)c2ccc3c(c21)CCCC3. The summed E-state index contributed by atoms with van der Waals surface area (Å²) in [7, 11) is 0. The number of benzene rings is 5. The van der Waals surface area contributed by atoms with Gasteiger partial charge in [0.1, 0.15) is 0 Å². The van der Waals surface area contributed by atoms with E-state index in [0.29, 0.717) is 6.04 Å². The van der Waals surface area contributed by atoms with Gasteiger partial charge in [-0.1, -0.05) is 96.1 Å². The standard InChI is InChI=1S/C50H55BN2/c1-49(2,3)35-26-28-43-40(29-35)51-47-39-22-12-9-17-34(39)25-27-44(47)53(42-24-14-19-33-16-8-11-21-38(33)42)46-31-36(50(4,5)6)30-45(48(46)51)52(43)41-23-13-18-32-15-7-10-20-37(32)41/h7,10,14-15,19-20,24-31,41H,8-9,11-13,16-18,21-23H2,1-6H3. The fraction of sp³-hybridized carbons (Fsp3) is 0.400. The van der Waals surface area contributed by atoms with E-state index in [1.165, 1.54) is 126 Å². The summed E-state index contributed by atoms with van der Waals surface area (Å²) in [5.74, 6) is 0.